The van der Waals surface area contributed by atoms with Crippen LogP contribution in [0.1, 0.15) is 19.4 Å². The van der Waals surface area contributed by atoms with E-state index < -0.39 is 17.1 Å². The highest BCUT2D eigenvalue weighted by molar-refractivity contribution is 5.85. The van der Waals surface area contributed by atoms with E-state index in [0.717, 1.165) is 0 Å². The van der Waals surface area contributed by atoms with Crippen molar-refractivity contribution in [2.24, 2.45) is 5.73 Å². The highest BCUT2D eigenvalue weighted by Crippen LogP contribution is 2.24. The Morgan fingerprint density at radius 1 is 1.38 bits per heavy atom. The first-order valence-corrected chi connectivity index (χ1v) is 4.01. The summed E-state index contributed by atoms with van der Waals surface area (Å²) in [5.41, 5.74) is 4.55. The summed E-state index contributed by atoms with van der Waals surface area (Å²) in [5.74, 6) is -0.927. The van der Waals surface area contributed by atoms with Crippen LogP contribution in [-0.4, -0.2) is 5.91 Å². The molecule has 1 amide bonds. The molecule has 0 bridgehead atoms. The molecule has 0 aliphatic carbocycles. The molecule has 3 heteroatoms. The second-order valence-electron chi connectivity index (χ2n) is 3.47. The molecule has 0 aliphatic rings. The summed E-state index contributed by atoms with van der Waals surface area (Å²) < 4.78 is 13.2. The zero-order chi connectivity index (χ0) is 10.1. The van der Waals surface area contributed by atoms with Crippen LogP contribution in [0, 0.1) is 5.82 Å². The Morgan fingerprint density at radius 2 is 1.92 bits per heavy atom. The summed E-state index contributed by atoms with van der Waals surface area (Å²) >= 11 is 0. The summed E-state index contributed by atoms with van der Waals surface area (Å²) in [6.45, 7) is 3.21. The van der Waals surface area contributed by atoms with Crippen LogP contribution in [0.25, 0.3) is 0 Å². The Bertz CT molecular complexity index is 333. The molecular formula is C10H12FNO. The normalized spacial score (nSPS) is 11.3. The van der Waals surface area contributed by atoms with Gasteiger partial charge in [0, 0.05) is 5.56 Å². The fourth-order valence-corrected chi connectivity index (χ4v) is 1.10. The molecule has 0 heterocycles. The fourth-order valence-electron chi connectivity index (χ4n) is 1.10. The lowest BCUT2D eigenvalue weighted by molar-refractivity contribution is -0.122. The minimum absolute atomic E-state index is 0.336. The Balaban J connectivity index is 3.22. The van der Waals surface area contributed by atoms with E-state index in [1.54, 1.807) is 32.0 Å². The standard InChI is InChI=1S/C10H12FNO/c1-10(2,9(12)13)7-5-3-4-6-8(7)11/h3-6H,1-2H3,(H2,12,13). The second-order valence-corrected chi connectivity index (χ2v) is 3.47. The lowest BCUT2D eigenvalue weighted by Gasteiger charge is -2.21. The van der Waals surface area contributed by atoms with Crippen LogP contribution in [-0.2, 0) is 10.2 Å². The van der Waals surface area contributed by atoms with Crippen molar-refractivity contribution in [1.29, 1.82) is 0 Å². The van der Waals surface area contributed by atoms with Gasteiger partial charge >= 0.3 is 0 Å². The van der Waals surface area contributed by atoms with Crippen LogP contribution < -0.4 is 5.73 Å². The summed E-state index contributed by atoms with van der Waals surface area (Å²) in [6, 6.07) is 6.15. The van der Waals surface area contributed by atoms with Gasteiger partial charge < -0.3 is 5.73 Å². The molecule has 0 unspecified atom stereocenters. The molecule has 1 aromatic carbocycles. The summed E-state index contributed by atoms with van der Waals surface area (Å²) in [6.07, 6.45) is 0. The molecule has 0 aliphatic heterocycles. The molecule has 13 heavy (non-hydrogen) atoms. The third kappa shape index (κ3) is 1.69. The maximum atomic E-state index is 13.2. The van der Waals surface area contributed by atoms with Gasteiger partial charge in [0.1, 0.15) is 5.82 Å². The number of hydrogen-bond acceptors (Lipinski definition) is 1. The molecule has 0 atom stereocenters. The van der Waals surface area contributed by atoms with Crippen molar-refractivity contribution in [2.75, 3.05) is 0 Å². The van der Waals surface area contributed by atoms with Gasteiger partial charge in [-0.3, -0.25) is 4.79 Å². The van der Waals surface area contributed by atoms with E-state index in [1.807, 2.05) is 0 Å². The smallest absolute Gasteiger partial charge is 0.227 e. The first-order valence-electron chi connectivity index (χ1n) is 4.01. The third-order valence-electron chi connectivity index (χ3n) is 2.16. The Hall–Kier alpha value is -1.38. The van der Waals surface area contributed by atoms with Crippen LogP contribution in [0.15, 0.2) is 24.3 Å². The second kappa shape index (κ2) is 3.17. The van der Waals surface area contributed by atoms with E-state index in [1.165, 1.54) is 6.07 Å². The molecule has 0 saturated carbocycles. The number of benzene rings is 1. The molecular weight excluding hydrogens is 169 g/mol. The van der Waals surface area contributed by atoms with Crippen LogP contribution in [0.5, 0.6) is 0 Å². The SMILES string of the molecule is CC(C)(C(N)=O)c1ccccc1F. The molecule has 2 nitrogen and oxygen atoms in total. The van der Waals surface area contributed by atoms with E-state index in [9.17, 15) is 9.18 Å². The molecule has 2 N–H and O–H groups in total. The van der Waals surface area contributed by atoms with Crippen molar-refractivity contribution in [2.45, 2.75) is 19.3 Å². The van der Waals surface area contributed by atoms with E-state index in [2.05, 4.69) is 0 Å². The monoisotopic (exact) mass is 181 g/mol. The zero-order valence-corrected chi connectivity index (χ0v) is 7.67. The number of hydrogen-bond donors (Lipinski definition) is 1. The largest absolute Gasteiger partial charge is 0.369 e. The Labute approximate surface area is 76.6 Å². The third-order valence-corrected chi connectivity index (χ3v) is 2.16. The van der Waals surface area contributed by atoms with Crippen molar-refractivity contribution >= 4 is 5.91 Å². The molecule has 0 fully saturated rings. The van der Waals surface area contributed by atoms with Gasteiger partial charge in [-0.25, -0.2) is 4.39 Å². The topological polar surface area (TPSA) is 43.1 Å². The van der Waals surface area contributed by atoms with Crippen LogP contribution in [0.3, 0.4) is 0 Å². The number of rotatable bonds is 2. The predicted octanol–water partition coefficient (Wildman–Crippen LogP) is 1.59. The van der Waals surface area contributed by atoms with Crippen molar-refractivity contribution in [3.8, 4) is 0 Å². The average Bonchev–Trinajstić information content (AvgIpc) is 2.04. The highest BCUT2D eigenvalue weighted by Gasteiger charge is 2.29. The van der Waals surface area contributed by atoms with Gasteiger partial charge in [-0.1, -0.05) is 18.2 Å². The van der Waals surface area contributed by atoms with Crippen LogP contribution >= 0.6 is 0 Å². The molecule has 1 rings (SSSR count). The molecule has 0 saturated heterocycles. The fraction of sp³-hybridized carbons (Fsp3) is 0.300. The van der Waals surface area contributed by atoms with Crippen molar-refractivity contribution in [3.63, 3.8) is 0 Å². The number of nitrogens with two attached hydrogens (primary N) is 1. The van der Waals surface area contributed by atoms with Gasteiger partial charge in [-0.2, -0.15) is 0 Å². The number of amides is 1. The van der Waals surface area contributed by atoms with Gasteiger partial charge in [0.25, 0.3) is 0 Å². The minimum Gasteiger partial charge on any atom is -0.369 e. The first kappa shape index (κ1) is 9.71. The van der Waals surface area contributed by atoms with Crippen LogP contribution in [0.4, 0.5) is 4.39 Å². The van der Waals surface area contributed by atoms with Gasteiger partial charge in [0.15, 0.2) is 0 Å². The Morgan fingerprint density at radius 3 is 2.38 bits per heavy atom. The Kier molecular flexibility index (Phi) is 2.36. The molecule has 1 aromatic rings. The van der Waals surface area contributed by atoms with Gasteiger partial charge in [0.2, 0.25) is 5.91 Å². The van der Waals surface area contributed by atoms with E-state index in [-0.39, 0.29) is 0 Å². The lowest BCUT2D eigenvalue weighted by atomic mass is 9.84. The van der Waals surface area contributed by atoms with E-state index >= 15 is 0 Å². The summed E-state index contributed by atoms with van der Waals surface area (Å²) in [4.78, 5) is 11.0. The summed E-state index contributed by atoms with van der Waals surface area (Å²) in [5, 5.41) is 0. The van der Waals surface area contributed by atoms with Crippen molar-refractivity contribution < 1.29 is 9.18 Å². The molecule has 0 radical (unpaired) electrons. The highest BCUT2D eigenvalue weighted by atomic mass is 19.1. The van der Waals surface area contributed by atoms with Crippen molar-refractivity contribution in [3.05, 3.63) is 35.6 Å². The maximum Gasteiger partial charge on any atom is 0.227 e. The zero-order valence-electron chi connectivity index (χ0n) is 7.67. The van der Waals surface area contributed by atoms with Gasteiger partial charge in [-0.05, 0) is 19.9 Å². The van der Waals surface area contributed by atoms with Gasteiger partial charge in [0.05, 0.1) is 5.41 Å². The number of carbonyl (C=O) groups is 1. The number of halogens is 1. The molecule has 0 spiro atoms. The van der Waals surface area contributed by atoms with Gasteiger partial charge in [-0.15, -0.1) is 0 Å². The quantitative estimate of drug-likeness (QED) is 0.739. The minimum atomic E-state index is -0.953. The lowest BCUT2D eigenvalue weighted by Crippen LogP contribution is -2.36. The summed E-state index contributed by atoms with van der Waals surface area (Å²) in [7, 11) is 0. The number of carbonyl (C=O) groups excluding carboxylic acids is 1. The molecule has 70 valence electrons. The van der Waals surface area contributed by atoms with E-state index in [0.29, 0.717) is 5.56 Å². The number of primary amides is 1. The molecule has 0 aromatic heterocycles. The first-order chi connectivity index (χ1) is 5.96. The van der Waals surface area contributed by atoms with Crippen molar-refractivity contribution in [1.82, 2.24) is 0 Å². The van der Waals surface area contributed by atoms with E-state index in [4.69, 9.17) is 5.73 Å². The average molecular weight is 181 g/mol. The predicted molar refractivity (Wildman–Crippen MR) is 48.6 cm³/mol. The maximum absolute atomic E-state index is 13.2. The van der Waals surface area contributed by atoms with Crippen LogP contribution in [0.2, 0.25) is 0 Å².